The molecule has 3 heteroatoms. The van der Waals surface area contributed by atoms with Gasteiger partial charge in [-0.1, -0.05) is 6.58 Å². The molecule has 64 valence electrons. The van der Waals surface area contributed by atoms with Crippen LogP contribution in [0, 0.1) is 5.92 Å². The van der Waals surface area contributed by atoms with Gasteiger partial charge in [0.25, 0.3) is 0 Å². The van der Waals surface area contributed by atoms with E-state index in [0.29, 0.717) is 11.8 Å². The maximum Gasteiger partial charge on any atom is 0.0528 e. The molecule has 1 fully saturated rings. The molecule has 3 nitrogen and oxygen atoms in total. The smallest absolute Gasteiger partial charge is 0.0528 e. The number of nitrogens with two attached hydrogens (primary N) is 1. The van der Waals surface area contributed by atoms with Crippen molar-refractivity contribution >= 4 is 6.20 Å². The summed E-state index contributed by atoms with van der Waals surface area (Å²) in [6, 6.07) is 0. The van der Waals surface area contributed by atoms with Crippen LogP contribution in [0.25, 0.3) is 6.20 Å². The second-order valence-electron chi connectivity index (χ2n) is 3.27. The second-order valence-corrected chi connectivity index (χ2v) is 3.27. The third kappa shape index (κ3) is 1.16. The average molecular weight is 163 g/mol. The lowest BCUT2D eigenvalue weighted by Crippen LogP contribution is -2.01. The maximum atomic E-state index is 5.55. The van der Waals surface area contributed by atoms with Gasteiger partial charge in [-0.2, -0.15) is 5.10 Å². The quantitative estimate of drug-likeness (QED) is 0.723. The lowest BCUT2D eigenvalue weighted by molar-refractivity contribution is 0.809. The predicted octanol–water partition coefficient (Wildman–Crippen LogP) is 1.05. The molecule has 0 radical (unpaired) electrons. The molecule has 0 spiro atoms. The molecule has 2 N–H and O–H groups in total. The lowest BCUT2D eigenvalue weighted by Gasteiger charge is -1.90. The van der Waals surface area contributed by atoms with E-state index in [1.807, 2.05) is 12.4 Å². The number of hydrogen-bond acceptors (Lipinski definition) is 2. The van der Waals surface area contributed by atoms with Gasteiger partial charge in [-0.05, 0) is 30.4 Å². The van der Waals surface area contributed by atoms with Crippen LogP contribution in [0.2, 0.25) is 0 Å². The molecule has 0 amide bonds. The van der Waals surface area contributed by atoms with Crippen molar-refractivity contribution in [2.75, 3.05) is 6.54 Å². The summed E-state index contributed by atoms with van der Waals surface area (Å²) < 4.78 is 1.74. The van der Waals surface area contributed by atoms with Crippen molar-refractivity contribution in [3.05, 3.63) is 24.5 Å². The molecule has 2 rings (SSSR count). The van der Waals surface area contributed by atoms with E-state index in [1.54, 1.807) is 10.9 Å². The Morgan fingerprint density at radius 1 is 1.83 bits per heavy atom. The van der Waals surface area contributed by atoms with E-state index < -0.39 is 0 Å². The van der Waals surface area contributed by atoms with E-state index in [0.717, 1.165) is 6.54 Å². The van der Waals surface area contributed by atoms with E-state index in [9.17, 15) is 0 Å². The minimum atomic E-state index is 0.656. The first-order valence-corrected chi connectivity index (χ1v) is 4.22. The normalized spacial score (nSPS) is 27.1. The highest BCUT2D eigenvalue weighted by atomic mass is 15.2. The van der Waals surface area contributed by atoms with Crippen LogP contribution in [0.5, 0.6) is 0 Å². The average Bonchev–Trinajstić information content (AvgIpc) is 2.75. The molecular formula is C9H13N3. The van der Waals surface area contributed by atoms with Gasteiger partial charge in [0, 0.05) is 12.4 Å². The Labute approximate surface area is 71.9 Å². The Balaban J connectivity index is 2.09. The van der Waals surface area contributed by atoms with Crippen molar-refractivity contribution < 1.29 is 0 Å². The molecule has 2 atom stereocenters. The Morgan fingerprint density at radius 3 is 3.17 bits per heavy atom. The molecule has 0 unspecified atom stereocenters. The van der Waals surface area contributed by atoms with E-state index in [4.69, 9.17) is 5.73 Å². The molecule has 0 saturated heterocycles. The summed E-state index contributed by atoms with van der Waals surface area (Å²) in [6.07, 6.45) is 6.85. The largest absolute Gasteiger partial charge is 0.330 e. The van der Waals surface area contributed by atoms with Crippen LogP contribution in [0.3, 0.4) is 0 Å². The predicted molar refractivity (Wildman–Crippen MR) is 48.5 cm³/mol. The van der Waals surface area contributed by atoms with Crippen LogP contribution in [0.1, 0.15) is 17.9 Å². The molecule has 1 aromatic rings. The van der Waals surface area contributed by atoms with Crippen molar-refractivity contribution in [2.45, 2.75) is 12.3 Å². The fraction of sp³-hybridized carbons (Fsp3) is 0.444. The molecule has 1 heterocycles. The third-order valence-electron chi connectivity index (χ3n) is 2.46. The molecule has 1 saturated carbocycles. The van der Waals surface area contributed by atoms with Crippen molar-refractivity contribution in [3.8, 4) is 0 Å². The third-order valence-corrected chi connectivity index (χ3v) is 2.46. The lowest BCUT2D eigenvalue weighted by atomic mass is 10.2. The van der Waals surface area contributed by atoms with Crippen LogP contribution in [-0.2, 0) is 0 Å². The van der Waals surface area contributed by atoms with E-state index in [2.05, 4.69) is 11.7 Å². The molecule has 12 heavy (non-hydrogen) atoms. The van der Waals surface area contributed by atoms with Gasteiger partial charge in [0.1, 0.15) is 0 Å². The number of nitrogens with zero attached hydrogens (tertiary/aromatic N) is 2. The Morgan fingerprint density at radius 2 is 2.67 bits per heavy atom. The van der Waals surface area contributed by atoms with E-state index in [1.165, 1.54) is 12.0 Å². The molecule has 1 aromatic heterocycles. The van der Waals surface area contributed by atoms with E-state index >= 15 is 0 Å². The molecule has 0 aliphatic heterocycles. The fourth-order valence-corrected chi connectivity index (χ4v) is 1.56. The highest BCUT2D eigenvalue weighted by molar-refractivity contribution is 5.25. The zero-order chi connectivity index (χ0) is 8.55. The van der Waals surface area contributed by atoms with Gasteiger partial charge in [0.05, 0.1) is 6.20 Å². The standard InChI is InChI=1S/C9H13N3/c1-2-12-6-8(5-11-12)9-3-7(9)4-10/h2,5-7,9H,1,3-4,10H2/t7-,9+/m0/s1. The van der Waals surface area contributed by atoms with Gasteiger partial charge >= 0.3 is 0 Å². The van der Waals surface area contributed by atoms with Crippen molar-refractivity contribution in [2.24, 2.45) is 11.7 Å². The van der Waals surface area contributed by atoms with Gasteiger partial charge in [-0.15, -0.1) is 0 Å². The number of hydrogen-bond donors (Lipinski definition) is 1. The minimum absolute atomic E-state index is 0.656. The van der Waals surface area contributed by atoms with Gasteiger partial charge < -0.3 is 5.73 Å². The Bertz CT molecular complexity index is 290. The number of rotatable bonds is 3. The Kier molecular flexibility index (Phi) is 1.73. The highest BCUT2D eigenvalue weighted by Gasteiger charge is 2.37. The summed E-state index contributed by atoms with van der Waals surface area (Å²) in [5.41, 5.74) is 6.85. The Hall–Kier alpha value is -1.09. The summed E-state index contributed by atoms with van der Waals surface area (Å²) in [4.78, 5) is 0. The summed E-state index contributed by atoms with van der Waals surface area (Å²) in [7, 11) is 0. The van der Waals surface area contributed by atoms with Crippen LogP contribution in [-0.4, -0.2) is 16.3 Å². The summed E-state index contributed by atoms with van der Waals surface area (Å²) in [6.45, 7) is 4.43. The topological polar surface area (TPSA) is 43.8 Å². The first-order valence-electron chi connectivity index (χ1n) is 4.22. The first-order chi connectivity index (χ1) is 5.85. The molecule has 1 aliphatic rings. The van der Waals surface area contributed by atoms with E-state index in [-0.39, 0.29) is 0 Å². The van der Waals surface area contributed by atoms with Crippen LogP contribution in [0.15, 0.2) is 19.0 Å². The number of aromatic nitrogens is 2. The van der Waals surface area contributed by atoms with Gasteiger partial charge in [-0.25, -0.2) is 4.68 Å². The van der Waals surface area contributed by atoms with Gasteiger partial charge in [0.2, 0.25) is 0 Å². The summed E-state index contributed by atoms with van der Waals surface area (Å²) in [5.74, 6) is 1.34. The minimum Gasteiger partial charge on any atom is -0.330 e. The monoisotopic (exact) mass is 163 g/mol. The molecular weight excluding hydrogens is 150 g/mol. The van der Waals surface area contributed by atoms with Gasteiger partial charge in [0.15, 0.2) is 0 Å². The van der Waals surface area contributed by atoms with Crippen molar-refractivity contribution in [3.63, 3.8) is 0 Å². The van der Waals surface area contributed by atoms with Crippen molar-refractivity contribution in [1.29, 1.82) is 0 Å². The zero-order valence-corrected chi connectivity index (χ0v) is 6.98. The molecule has 0 aromatic carbocycles. The van der Waals surface area contributed by atoms with Crippen LogP contribution >= 0.6 is 0 Å². The first kappa shape index (κ1) is 7.55. The van der Waals surface area contributed by atoms with Crippen LogP contribution < -0.4 is 5.73 Å². The SMILES string of the molecule is C=Cn1cc([C@@H]2C[C@H]2CN)cn1. The van der Waals surface area contributed by atoms with Crippen LogP contribution in [0.4, 0.5) is 0 Å². The summed E-state index contributed by atoms with van der Waals surface area (Å²) >= 11 is 0. The second kappa shape index (κ2) is 2.75. The van der Waals surface area contributed by atoms with Crippen molar-refractivity contribution in [1.82, 2.24) is 9.78 Å². The maximum absolute atomic E-state index is 5.55. The molecule has 0 bridgehead atoms. The van der Waals surface area contributed by atoms with Gasteiger partial charge in [-0.3, -0.25) is 0 Å². The highest BCUT2D eigenvalue weighted by Crippen LogP contribution is 2.46. The summed E-state index contributed by atoms with van der Waals surface area (Å²) in [5, 5.41) is 4.12. The zero-order valence-electron chi connectivity index (χ0n) is 6.98. The fourth-order valence-electron chi connectivity index (χ4n) is 1.56. The molecule has 1 aliphatic carbocycles.